The van der Waals surface area contributed by atoms with Gasteiger partial charge in [-0.2, -0.15) is 0 Å². The second-order valence-electron chi connectivity index (χ2n) is 8.04. The summed E-state index contributed by atoms with van der Waals surface area (Å²) < 4.78 is 5.29. The van der Waals surface area contributed by atoms with E-state index in [9.17, 15) is 4.79 Å². The number of nitrogen functional groups attached to an aromatic ring is 1. The number of nitrogens with one attached hydrogen (secondary N) is 1. The highest BCUT2D eigenvalue weighted by Crippen LogP contribution is 2.41. The van der Waals surface area contributed by atoms with E-state index in [0.717, 1.165) is 39.1 Å². The summed E-state index contributed by atoms with van der Waals surface area (Å²) in [5, 5.41) is 4.31. The van der Waals surface area contributed by atoms with Crippen molar-refractivity contribution in [3.8, 4) is 28.1 Å². The van der Waals surface area contributed by atoms with Crippen LogP contribution in [-0.2, 0) is 0 Å². The highest BCUT2D eigenvalue weighted by atomic mass is 35.5. The molecule has 1 amide bonds. The number of thiophene rings is 1. The number of pyridine rings is 1. The van der Waals surface area contributed by atoms with Gasteiger partial charge in [0.25, 0.3) is 5.91 Å². The van der Waals surface area contributed by atoms with Crippen LogP contribution in [0.5, 0.6) is 5.75 Å². The van der Waals surface area contributed by atoms with E-state index in [0.29, 0.717) is 26.1 Å². The third-order valence-corrected chi connectivity index (χ3v) is 7.40. The number of aromatic nitrogens is 1. The zero-order chi connectivity index (χ0) is 24.5. The van der Waals surface area contributed by atoms with Gasteiger partial charge in [-0.1, -0.05) is 48.0 Å². The standard InChI is InChI=1S/C28H22ClN3O2S/c1-16-21(29)9-6-10-22(16)31-27(33)26-25(30)24-20(17-7-4-3-5-8-17)15-23(32-28(24)35-26)18-11-13-19(34-2)14-12-18/h3-15H,30H2,1-2H3,(H,31,33). The summed E-state index contributed by atoms with van der Waals surface area (Å²) in [5.74, 6) is 0.481. The molecule has 7 heteroatoms. The molecular weight excluding hydrogens is 478 g/mol. The quantitative estimate of drug-likeness (QED) is 0.263. The third kappa shape index (κ3) is 4.34. The Kier molecular flexibility index (Phi) is 6.16. The summed E-state index contributed by atoms with van der Waals surface area (Å²) in [4.78, 5) is 19.3. The molecule has 2 heterocycles. The lowest BCUT2D eigenvalue weighted by Gasteiger charge is -2.10. The molecule has 5 nitrogen and oxygen atoms in total. The molecule has 0 aliphatic rings. The first-order chi connectivity index (χ1) is 17.0. The van der Waals surface area contributed by atoms with Gasteiger partial charge in [0, 0.05) is 21.7 Å². The van der Waals surface area contributed by atoms with Crippen molar-refractivity contribution in [3.05, 3.63) is 94.3 Å². The molecule has 0 radical (unpaired) electrons. The lowest BCUT2D eigenvalue weighted by Crippen LogP contribution is -2.12. The maximum absolute atomic E-state index is 13.3. The molecule has 0 bridgehead atoms. The first kappa shape index (κ1) is 22.9. The molecule has 35 heavy (non-hydrogen) atoms. The van der Waals surface area contributed by atoms with Crippen molar-refractivity contribution in [1.82, 2.24) is 4.98 Å². The van der Waals surface area contributed by atoms with Crippen molar-refractivity contribution < 1.29 is 9.53 Å². The van der Waals surface area contributed by atoms with Gasteiger partial charge in [0.15, 0.2) is 0 Å². The summed E-state index contributed by atoms with van der Waals surface area (Å²) in [6.07, 6.45) is 0. The first-order valence-corrected chi connectivity index (χ1v) is 12.1. The molecule has 5 aromatic rings. The molecule has 0 saturated carbocycles. The third-order valence-electron chi connectivity index (χ3n) is 5.89. The summed E-state index contributed by atoms with van der Waals surface area (Å²) in [6, 6.07) is 25.1. The van der Waals surface area contributed by atoms with E-state index in [1.54, 1.807) is 19.2 Å². The minimum absolute atomic E-state index is 0.291. The van der Waals surface area contributed by atoms with Crippen molar-refractivity contribution in [2.24, 2.45) is 0 Å². The molecule has 3 aromatic carbocycles. The Balaban J connectivity index is 1.65. The molecule has 0 unspecified atom stereocenters. The van der Waals surface area contributed by atoms with Crippen LogP contribution in [0, 0.1) is 6.92 Å². The van der Waals surface area contributed by atoms with Crippen LogP contribution in [0.15, 0.2) is 78.9 Å². The molecular formula is C28H22ClN3O2S. The average molecular weight is 500 g/mol. The predicted octanol–water partition coefficient (Wildman–Crippen LogP) is 7.44. The minimum Gasteiger partial charge on any atom is -0.497 e. The molecule has 0 aliphatic carbocycles. The Hall–Kier alpha value is -3.87. The summed E-state index contributed by atoms with van der Waals surface area (Å²) in [6.45, 7) is 1.86. The van der Waals surface area contributed by atoms with Crippen LogP contribution in [0.25, 0.3) is 32.6 Å². The Morgan fingerprint density at radius 3 is 2.46 bits per heavy atom. The normalized spacial score (nSPS) is 10.9. The number of hydrogen-bond donors (Lipinski definition) is 2. The van der Waals surface area contributed by atoms with Crippen LogP contribution in [0.1, 0.15) is 15.2 Å². The fourth-order valence-electron chi connectivity index (χ4n) is 3.97. The predicted molar refractivity (Wildman–Crippen MR) is 146 cm³/mol. The lowest BCUT2D eigenvalue weighted by molar-refractivity contribution is 0.103. The van der Waals surface area contributed by atoms with Crippen LogP contribution in [0.3, 0.4) is 0 Å². The van der Waals surface area contributed by atoms with Crippen LogP contribution < -0.4 is 15.8 Å². The number of carbonyl (C=O) groups is 1. The largest absolute Gasteiger partial charge is 0.497 e. The number of methoxy groups -OCH3 is 1. The zero-order valence-corrected chi connectivity index (χ0v) is 20.7. The Morgan fingerprint density at radius 1 is 1.00 bits per heavy atom. The smallest absolute Gasteiger partial charge is 0.267 e. The number of amides is 1. The van der Waals surface area contributed by atoms with Gasteiger partial charge in [0.1, 0.15) is 15.5 Å². The topological polar surface area (TPSA) is 77.2 Å². The van der Waals surface area contributed by atoms with Gasteiger partial charge in [0.2, 0.25) is 0 Å². The molecule has 174 valence electrons. The summed E-state index contributed by atoms with van der Waals surface area (Å²) >= 11 is 7.51. The second kappa shape index (κ2) is 9.41. The zero-order valence-electron chi connectivity index (χ0n) is 19.1. The van der Waals surface area contributed by atoms with Gasteiger partial charge in [-0.05, 0) is 66.1 Å². The number of halogens is 1. The van der Waals surface area contributed by atoms with E-state index in [1.165, 1.54) is 11.3 Å². The number of benzene rings is 3. The molecule has 0 aliphatic heterocycles. The van der Waals surface area contributed by atoms with E-state index in [4.69, 9.17) is 27.1 Å². The maximum atomic E-state index is 13.3. The number of anilines is 2. The maximum Gasteiger partial charge on any atom is 0.267 e. The molecule has 2 aromatic heterocycles. The van der Waals surface area contributed by atoms with E-state index < -0.39 is 0 Å². The van der Waals surface area contributed by atoms with Crippen molar-refractivity contribution in [2.45, 2.75) is 6.92 Å². The van der Waals surface area contributed by atoms with E-state index >= 15 is 0 Å². The number of nitrogens with zero attached hydrogens (tertiary/aromatic N) is 1. The molecule has 3 N–H and O–H groups in total. The van der Waals surface area contributed by atoms with Crippen LogP contribution in [0.2, 0.25) is 5.02 Å². The number of fused-ring (bicyclic) bond motifs is 1. The SMILES string of the molecule is COc1ccc(-c2cc(-c3ccccc3)c3c(N)c(C(=O)Nc4cccc(Cl)c4C)sc3n2)cc1. The number of nitrogens with two attached hydrogens (primary N) is 1. The highest BCUT2D eigenvalue weighted by Gasteiger charge is 2.22. The molecule has 5 rings (SSSR count). The van der Waals surface area contributed by atoms with Gasteiger partial charge in [-0.15, -0.1) is 11.3 Å². The Morgan fingerprint density at radius 2 is 1.74 bits per heavy atom. The Labute approximate surface area is 212 Å². The molecule has 0 fully saturated rings. The number of ether oxygens (including phenoxy) is 1. The fourth-order valence-corrected chi connectivity index (χ4v) is 5.16. The monoisotopic (exact) mass is 499 g/mol. The van der Waals surface area contributed by atoms with Crippen molar-refractivity contribution in [3.63, 3.8) is 0 Å². The fraction of sp³-hybridized carbons (Fsp3) is 0.0714. The second-order valence-corrected chi connectivity index (χ2v) is 9.45. The van der Waals surface area contributed by atoms with Crippen molar-refractivity contribution >= 4 is 50.4 Å². The first-order valence-electron chi connectivity index (χ1n) is 11.0. The van der Waals surface area contributed by atoms with Gasteiger partial charge in [0.05, 0.1) is 18.5 Å². The van der Waals surface area contributed by atoms with Gasteiger partial charge in [-0.3, -0.25) is 4.79 Å². The number of rotatable bonds is 5. The van der Waals surface area contributed by atoms with Crippen molar-refractivity contribution in [2.75, 3.05) is 18.2 Å². The molecule has 0 atom stereocenters. The van der Waals surface area contributed by atoms with Crippen LogP contribution >= 0.6 is 22.9 Å². The van der Waals surface area contributed by atoms with Crippen LogP contribution in [-0.4, -0.2) is 18.0 Å². The Bertz CT molecular complexity index is 1550. The minimum atomic E-state index is -0.291. The van der Waals surface area contributed by atoms with Crippen molar-refractivity contribution in [1.29, 1.82) is 0 Å². The van der Waals surface area contributed by atoms with Gasteiger partial charge < -0.3 is 15.8 Å². The highest BCUT2D eigenvalue weighted by molar-refractivity contribution is 7.21. The molecule has 0 saturated heterocycles. The summed E-state index contributed by atoms with van der Waals surface area (Å²) in [7, 11) is 1.64. The average Bonchev–Trinajstić information content (AvgIpc) is 3.23. The van der Waals surface area contributed by atoms with E-state index in [1.807, 2.05) is 73.7 Å². The number of carbonyl (C=O) groups excluding carboxylic acids is 1. The van der Waals surface area contributed by atoms with Gasteiger partial charge >= 0.3 is 0 Å². The van der Waals surface area contributed by atoms with Crippen LogP contribution in [0.4, 0.5) is 11.4 Å². The van der Waals surface area contributed by atoms with Gasteiger partial charge in [-0.25, -0.2) is 4.98 Å². The number of hydrogen-bond acceptors (Lipinski definition) is 5. The van der Waals surface area contributed by atoms with E-state index in [2.05, 4.69) is 5.32 Å². The summed E-state index contributed by atoms with van der Waals surface area (Å²) in [5.41, 5.74) is 12.1. The lowest BCUT2D eigenvalue weighted by atomic mass is 9.99. The molecule has 0 spiro atoms. The van der Waals surface area contributed by atoms with E-state index in [-0.39, 0.29) is 5.91 Å².